The molecule has 0 amide bonds. The van der Waals surface area contributed by atoms with E-state index in [1.54, 1.807) is 6.07 Å². The molecule has 76 valence electrons. The van der Waals surface area contributed by atoms with Gasteiger partial charge in [0.2, 0.25) is 0 Å². The van der Waals surface area contributed by atoms with E-state index in [9.17, 15) is 4.79 Å². The summed E-state index contributed by atoms with van der Waals surface area (Å²) in [7, 11) is 1.43. The van der Waals surface area contributed by atoms with Crippen molar-refractivity contribution in [3.05, 3.63) is 28.8 Å². The number of carbonyl (C=O) groups is 1. The first-order chi connectivity index (χ1) is 6.65. The number of esters is 1. The average Bonchev–Trinajstić information content (AvgIpc) is 2.14. The third kappa shape index (κ3) is 2.61. The van der Waals surface area contributed by atoms with Crippen LogP contribution in [0.4, 0.5) is 5.69 Å². The van der Waals surface area contributed by atoms with Gasteiger partial charge in [0.1, 0.15) is 0 Å². The van der Waals surface area contributed by atoms with E-state index in [1.165, 1.54) is 19.2 Å². The molecule has 4 nitrogen and oxygen atoms in total. The quantitative estimate of drug-likeness (QED) is 0.474. The van der Waals surface area contributed by atoms with Crippen LogP contribution in [0.25, 0.3) is 0 Å². The number of methoxy groups -OCH3 is 1. The summed E-state index contributed by atoms with van der Waals surface area (Å²) in [4.78, 5) is 11.3. The Morgan fingerprint density at radius 1 is 1.57 bits per heavy atom. The number of nitrogen functional groups attached to an aromatic ring is 1. The Bertz CT molecular complexity index is 341. The Morgan fingerprint density at radius 3 is 2.86 bits per heavy atom. The van der Waals surface area contributed by atoms with Crippen molar-refractivity contribution in [3.63, 3.8) is 0 Å². The van der Waals surface area contributed by atoms with Gasteiger partial charge in [-0.25, -0.2) is 4.79 Å². The fraction of sp³-hybridized carbons (Fsp3) is 0.222. The van der Waals surface area contributed by atoms with Gasteiger partial charge in [-0.2, -0.15) is 0 Å². The molecule has 0 aliphatic carbocycles. The van der Waals surface area contributed by atoms with Crippen molar-refractivity contribution in [1.82, 2.24) is 0 Å². The van der Waals surface area contributed by atoms with Crippen molar-refractivity contribution in [1.29, 1.82) is 0 Å². The Morgan fingerprint density at radius 2 is 2.29 bits per heavy atom. The second-order valence-electron chi connectivity index (χ2n) is 2.58. The highest BCUT2D eigenvalue weighted by atomic mass is 35.5. The minimum absolute atomic E-state index is 0.0977. The zero-order valence-corrected chi connectivity index (χ0v) is 8.38. The van der Waals surface area contributed by atoms with Crippen LogP contribution in [0.15, 0.2) is 18.2 Å². The lowest BCUT2D eigenvalue weighted by atomic mass is 10.2. The summed E-state index contributed by atoms with van der Waals surface area (Å²) >= 11 is 5.78. The second-order valence-corrected chi connectivity index (χ2v) is 2.98. The number of hydrogen-bond donors (Lipinski definition) is 1. The molecule has 1 aromatic rings. The summed E-state index contributed by atoms with van der Waals surface area (Å²) in [6.45, 7) is -0.0977. The summed E-state index contributed by atoms with van der Waals surface area (Å²) in [5.41, 5.74) is 6.24. The molecule has 0 bridgehead atoms. The molecule has 0 atom stereocenters. The molecule has 1 rings (SSSR count). The molecular weight excluding hydrogens is 206 g/mol. The van der Waals surface area contributed by atoms with Gasteiger partial charge < -0.3 is 15.2 Å². The van der Waals surface area contributed by atoms with E-state index in [-0.39, 0.29) is 17.4 Å². The second kappa shape index (κ2) is 4.83. The molecule has 0 radical (unpaired) electrons. The Kier molecular flexibility index (Phi) is 3.73. The van der Waals surface area contributed by atoms with Gasteiger partial charge in [-0.15, -0.1) is 0 Å². The number of nitrogens with two attached hydrogens (primary N) is 1. The van der Waals surface area contributed by atoms with Crippen LogP contribution in [0.5, 0.6) is 0 Å². The normalized spacial score (nSPS) is 9.86. The molecule has 0 aliphatic heterocycles. The summed E-state index contributed by atoms with van der Waals surface area (Å²) in [6.07, 6.45) is 0. The molecule has 0 aliphatic rings. The van der Waals surface area contributed by atoms with E-state index in [1.807, 2.05) is 0 Å². The maximum Gasteiger partial charge on any atom is 0.341 e. The molecule has 0 fully saturated rings. The highest BCUT2D eigenvalue weighted by Gasteiger charge is 2.11. The number of carbonyl (C=O) groups excluding carboxylic acids is 1. The van der Waals surface area contributed by atoms with Crippen LogP contribution in [-0.2, 0) is 9.47 Å². The fourth-order valence-electron chi connectivity index (χ4n) is 0.887. The van der Waals surface area contributed by atoms with Crippen molar-refractivity contribution in [2.24, 2.45) is 0 Å². The molecule has 0 unspecified atom stereocenters. The molecule has 0 aromatic heterocycles. The van der Waals surface area contributed by atoms with Gasteiger partial charge in [0, 0.05) is 12.8 Å². The number of ether oxygens (including phenoxy) is 2. The zero-order valence-electron chi connectivity index (χ0n) is 7.62. The first-order valence-electron chi connectivity index (χ1n) is 3.86. The van der Waals surface area contributed by atoms with Gasteiger partial charge in [0.25, 0.3) is 0 Å². The zero-order chi connectivity index (χ0) is 10.6. The average molecular weight is 216 g/mol. The molecule has 0 saturated carbocycles. The monoisotopic (exact) mass is 215 g/mol. The van der Waals surface area contributed by atoms with E-state index in [2.05, 4.69) is 4.74 Å². The van der Waals surface area contributed by atoms with Crippen LogP contribution in [-0.4, -0.2) is 19.9 Å². The lowest BCUT2D eigenvalue weighted by Crippen LogP contribution is -2.08. The predicted octanol–water partition coefficient (Wildman–Crippen LogP) is 1.68. The summed E-state index contributed by atoms with van der Waals surface area (Å²) < 4.78 is 9.30. The van der Waals surface area contributed by atoms with Gasteiger partial charge in [0.05, 0.1) is 10.6 Å². The SMILES string of the molecule is COCOC(=O)c1ccc(N)cc1Cl. The Labute approximate surface area is 86.6 Å². The standard InChI is InChI=1S/C9H10ClNO3/c1-13-5-14-9(12)7-3-2-6(11)4-8(7)10/h2-4H,5,11H2,1H3. The van der Waals surface area contributed by atoms with E-state index in [4.69, 9.17) is 22.1 Å². The molecule has 0 spiro atoms. The Hall–Kier alpha value is -1.26. The van der Waals surface area contributed by atoms with E-state index in [0.29, 0.717) is 5.69 Å². The first kappa shape index (κ1) is 10.8. The lowest BCUT2D eigenvalue weighted by molar-refractivity contribution is -0.0124. The van der Waals surface area contributed by atoms with E-state index in [0.717, 1.165) is 0 Å². The van der Waals surface area contributed by atoms with Crippen molar-refractivity contribution < 1.29 is 14.3 Å². The predicted molar refractivity (Wildman–Crippen MR) is 53.2 cm³/mol. The number of halogens is 1. The van der Waals surface area contributed by atoms with Gasteiger partial charge in [0.15, 0.2) is 6.79 Å². The molecular formula is C9H10ClNO3. The van der Waals surface area contributed by atoms with Crippen LogP contribution < -0.4 is 5.73 Å². The topological polar surface area (TPSA) is 61.5 Å². The molecule has 14 heavy (non-hydrogen) atoms. The van der Waals surface area contributed by atoms with Gasteiger partial charge in [-0.3, -0.25) is 0 Å². The van der Waals surface area contributed by atoms with Crippen molar-refractivity contribution >= 4 is 23.3 Å². The Balaban J connectivity index is 2.80. The molecule has 5 heteroatoms. The van der Waals surface area contributed by atoms with Gasteiger partial charge >= 0.3 is 5.97 Å². The number of hydrogen-bond acceptors (Lipinski definition) is 4. The number of anilines is 1. The van der Waals surface area contributed by atoms with Gasteiger partial charge in [-0.05, 0) is 18.2 Å². The van der Waals surface area contributed by atoms with E-state index >= 15 is 0 Å². The first-order valence-corrected chi connectivity index (χ1v) is 4.24. The number of benzene rings is 1. The summed E-state index contributed by atoms with van der Waals surface area (Å²) in [5, 5.41) is 0.270. The summed E-state index contributed by atoms with van der Waals surface area (Å²) in [6, 6.07) is 4.58. The lowest BCUT2D eigenvalue weighted by Gasteiger charge is -2.05. The number of rotatable bonds is 3. The van der Waals surface area contributed by atoms with Crippen LogP contribution in [0.1, 0.15) is 10.4 Å². The molecule has 0 saturated heterocycles. The maximum atomic E-state index is 11.3. The summed E-state index contributed by atoms with van der Waals surface area (Å²) in [5.74, 6) is -0.531. The van der Waals surface area contributed by atoms with Crippen LogP contribution in [0.3, 0.4) is 0 Å². The van der Waals surface area contributed by atoms with Crippen LogP contribution >= 0.6 is 11.6 Å². The van der Waals surface area contributed by atoms with E-state index < -0.39 is 5.97 Å². The van der Waals surface area contributed by atoms with Crippen molar-refractivity contribution in [2.75, 3.05) is 19.6 Å². The minimum atomic E-state index is -0.531. The van der Waals surface area contributed by atoms with Crippen LogP contribution in [0, 0.1) is 0 Å². The molecule has 0 heterocycles. The third-order valence-corrected chi connectivity index (χ3v) is 1.83. The molecule has 1 aromatic carbocycles. The van der Waals surface area contributed by atoms with Crippen molar-refractivity contribution in [2.45, 2.75) is 0 Å². The molecule has 2 N–H and O–H groups in total. The largest absolute Gasteiger partial charge is 0.435 e. The highest BCUT2D eigenvalue weighted by Crippen LogP contribution is 2.19. The third-order valence-electron chi connectivity index (χ3n) is 1.52. The van der Waals surface area contributed by atoms with Gasteiger partial charge in [-0.1, -0.05) is 11.6 Å². The van der Waals surface area contributed by atoms with Crippen molar-refractivity contribution in [3.8, 4) is 0 Å². The highest BCUT2D eigenvalue weighted by molar-refractivity contribution is 6.33. The minimum Gasteiger partial charge on any atom is -0.435 e. The maximum absolute atomic E-state index is 11.3. The van der Waals surface area contributed by atoms with Crippen LogP contribution in [0.2, 0.25) is 5.02 Å². The fourth-order valence-corrected chi connectivity index (χ4v) is 1.15. The smallest absolute Gasteiger partial charge is 0.341 e.